The summed E-state index contributed by atoms with van der Waals surface area (Å²) in [5, 5.41) is 23.6. The lowest BCUT2D eigenvalue weighted by atomic mass is 9.91. The molecule has 132 valence electrons. The van der Waals surface area contributed by atoms with Crippen molar-refractivity contribution >= 4 is 11.4 Å². The van der Waals surface area contributed by atoms with Gasteiger partial charge < -0.3 is 5.73 Å². The number of allylic oxidation sites excluding steroid dienone is 4. The van der Waals surface area contributed by atoms with Gasteiger partial charge in [-0.1, -0.05) is 53.9 Å². The first-order chi connectivity index (χ1) is 11.0. The molecular weight excluding hydrogens is 284 g/mol. The van der Waals surface area contributed by atoms with Crippen molar-refractivity contribution in [3.8, 4) is 6.07 Å². The van der Waals surface area contributed by atoms with Gasteiger partial charge >= 0.3 is 0 Å². The molecule has 0 aliphatic heterocycles. The van der Waals surface area contributed by atoms with E-state index in [4.69, 9.17) is 21.8 Å². The van der Waals surface area contributed by atoms with Crippen molar-refractivity contribution in [1.82, 2.24) is 0 Å². The smallest absolute Gasteiger partial charge is 0.0995 e. The lowest BCUT2D eigenvalue weighted by Gasteiger charge is -2.13. The van der Waals surface area contributed by atoms with Crippen LogP contribution in [-0.2, 0) is 0 Å². The Hall–Kier alpha value is -1.73. The van der Waals surface area contributed by atoms with E-state index in [0.29, 0.717) is 16.7 Å². The van der Waals surface area contributed by atoms with Gasteiger partial charge in [0.25, 0.3) is 0 Å². The molecule has 0 saturated heterocycles. The Bertz CT molecular complexity index is 429. The standard InChI is InChI=1S/C9H9N3.C6H15N.2C2H6/c1-5-3-7(4-10)6(2)9(12)8(5)11;1-2-3-4-5-6-7;2*1-2/h3,11-12H,1-2H3;2-7H2,1H3;2*1-2H3. The van der Waals surface area contributed by atoms with Crippen LogP contribution < -0.4 is 5.73 Å². The van der Waals surface area contributed by atoms with Crippen molar-refractivity contribution in [3.63, 3.8) is 0 Å². The summed E-state index contributed by atoms with van der Waals surface area (Å²) >= 11 is 0. The maximum atomic E-state index is 8.66. The van der Waals surface area contributed by atoms with E-state index in [1.807, 2.05) is 33.8 Å². The highest BCUT2D eigenvalue weighted by atomic mass is 14.5. The predicted octanol–water partition coefficient (Wildman–Crippen LogP) is 5.40. The van der Waals surface area contributed by atoms with Gasteiger partial charge in [-0.25, -0.2) is 0 Å². The molecule has 0 atom stereocenters. The van der Waals surface area contributed by atoms with E-state index in [1.54, 1.807) is 19.9 Å². The molecule has 0 aromatic heterocycles. The number of unbranched alkanes of at least 4 members (excludes halogenated alkanes) is 3. The molecule has 4 N–H and O–H groups in total. The zero-order valence-corrected chi connectivity index (χ0v) is 16.1. The molecule has 0 aromatic carbocycles. The van der Waals surface area contributed by atoms with Gasteiger partial charge in [-0.15, -0.1) is 0 Å². The van der Waals surface area contributed by atoms with Crippen molar-refractivity contribution in [3.05, 3.63) is 22.8 Å². The topological polar surface area (TPSA) is 97.5 Å². The molecule has 1 aliphatic rings. The summed E-state index contributed by atoms with van der Waals surface area (Å²) in [5.74, 6) is 0. The fraction of sp³-hybridized carbons (Fsp3) is 0.632. The zero-order chi connectivity index (χ0) is 18.8. The molecule has 1 rings (SSSR count). The SMILES string of the molecule is CC.CC.CC1=CC(C#N)=C(C)C(=N)C1=N.CCCCCCN. The molecule has 0 saturated carbocycles. The summed E-state index contributed by atoms with van der Waals surface area (Å²) in [4.78, 5) is 0. The van der Waals surface area contributed by atoms with Gasteiger partial charge in [0.15, 0.2) is 0 Å². The monoisotopic (exact) mass is 320 g/mol. The number of nitrogens with zero attached hydrogens (tertiary/aromatic N) is 1. The third kappa shape index (κ3) is 11.5. The van der Waals surface area contributed by atoms with Gasteiger partial charge in [0, 0.05) is 0 Å². The largest absolute Gasteiger partial charge is 0.330 e. The van der Waals surface area contributed by atoms with Crippen LogP contribution in [0.3, 0.4) is 0 Å². The predicted molar refractivity (Wildman–Crippen MR) is 103 cm³/mol. The molecule has 1 aliphatic carbocycles. The van der Waals surface area contributed by atoms with Crippen molar-refractivity contribution in [1.29, 1.82) is 16.1 Å². The molecule has 4 nitrogen and oxygen atoms in total. The molecule has 0 bridgehead atoms. The second-order valence-electron chi connectivity index (χ2n) is 4.58. The first-order valence-electron chi connectivity index (χ1n) is 8.67. The minimum atomic E-state index is 0.159. The van der Waals surface area contributed by atoms with E-state index < -0.39 is 0 Å². The number of hydrogen-bond donors (Lipinski definition) is 3. The number of rotatable bonds is 4. The average Bonchev–Trinajstić information content (AvgIpc) is 2.61. The van der Waals surface area contributed by atoms with Crippen LogP contribution in [0.4, 0.5) is 0 Å². The van der Waals surface area contributed by atoms with Crippen LogP contribution in [0.5, 0.6) is 0 Å². The van der Waals surface area contributed by atoms with E-state index in [2.05, 4.69) is 6.92 Å². The number of nitrogens with one attached hydrogen (secondary N) is 2. The minimum Gasteiger partial charge on any atom is -0.330 e. The van der Waals surface area contributed by atoms with Crippen molar-refractivity contribution < 1.29 is 0 Å². The molecule has 0 heterocycles. The Morgan fingerprint density at radius 3 is 1.91 bits per heavy atom. The van der Waals surface area contributed by atoms with Crippen LogP contribution in [0.15, 0.2) is 22.8 Å². The maximum absolute atomic E-state index is 8.66. The van der Waals surface area contributed by atoms with Crippen LogP contribution in [0.25, 0.3) is 0 Å². The van der Waals surface area contributed by atoms with E-state index in [-0.39, 0.29) is 11.4 Å². The first-order valence-corrected chi connectivity index (χ1v) is 8.67. The molecule has 4 heteroatoms. The Morgan fingerprint density at radius 2 is 1.52 bits per heavy atom. The Labute approximate surface area is 143 Å². The van der Waals surface area contributed by atoms with Crippen LogP contribution in [0, 0.1) is 22.1 Å². The lowest BCUT2D eigenvalue weighted by molar-refractivity contribution is 0.674. The van der Waals surface area contributed by atoms with Gasteiger partial charge in [0.2, 0.25) is 0 Å². The van der Waals surface area contributed by atoms with Gasteiger partial charge in [-0.05, 0) is 44.0 Å². The molecule has 0 spiro atoms. The Balaban J connectivity index is -0.000000312. The van der Waals surface area contributed by atoms with E-state index in [9.17, 15) is 0 Å². The fourth-order valence-electron chi connectivity index (χ4n) is 1.60. The summed E-state index contributed by atoms with van der Waals surface area (Å²) in [7, 11) is 0. The highest BCUT2D eigenvalue weighted by Gasteiger charge is 2.17. The summed E-state index contributed by atoms with van der Waals surface area (Å²) in [6.07, 6.45) is 6.81. The van der Waals surface area contributed by atoms with Crippen molar-refractivity contribution in [2.45, 2.75) is 74.1 Å². The second-order valence-corrected chi connectivity index (χ2v) is 4.58. The molecular formula is C19H36N4. The van der Waals surface area contributed by atoms with Gasteiger partial charge in [0.1, 0.15) is 0 Å². The summed E-state index contributed by atoms with van der Waals surface area (Å²) in [6.45, 7) is 14.5. The van der Waals surface area contributed by atoms with Crippen LogP contribution >= 0.6 is 0 Å². The minimum absolute atomic E-state index is 0.159. The highest BCUT2D eigenvalue weighted by molar-refractivity contribution is 6.52. The molecule has 0 aromatic rings. The summed E-state index contributed by atoms with van der Waals surface area (Å²) in [5.41, 5.74) is 7.41. The van der Waals surface area contributed by atoms with Gasteiger partial charge in [-0.2, -0.15) is 5.26 Å². The normalized spacial score (nSPS) is 12.6. The average molecular weight is 321 g/mol. The third-order valence-corrected chi connectivity index (χ3v) is 2.96. The second kappa shape index (κ2) is 18.3. The van der Waals surface area contributed by atoms with Crippen molar-refractivity contribution in [2.24, 2.45) is 5.73 Å². The quantitative estimate of drug-likeness (QED) is 0.477. The van der Waals surface area contributed by atoms with Crippen molar-refractivity contribution in [2.75, 3.05) is 6.54 Å². The number of hydrogen-bond acceptors (Lipinski definition) is 4. The Morgan fingerprint density at radius 1 is 1.00 bits per heavy atom. The summed E-state index contributed by atoms with van der Waals surface area (Å²) in [6, 6.07) is 2.00. The maximum Gasteiger partial charge on any atom is 0.0995 e. The van der Waals surface area contributed by atoms with E-state index in [1.165, 1.54) is 25.7 Å². The lowest BCUT2D eigenvalue weighted by Crippen LogP contribution is -2.19. The van der Waals surface area contributed by atoms with Gasteiger partial charge in [-0.3, -0.25) is 10.8 Å². The Kier molecular flexibility index (Phi) is 20.9. The fourth-order valence-corrected chi connectivity index (χ4v) is 1.60. The summed E-state index contributed by atoms with van der Waals surface area (Å²) < 4.78 is 0. The molecule has 0 fully saturated rings. The van der Waals surface area contributed by atoms with E-state index in [0.717, 1.165) is 6.54 Å². The zero-order valence-electron chi connectivity index (χ0n) is 16.1. The molecule has 0 unspecified atom stereocenters. The van der Waals surface area contributed by atoms with Crippen LogP contribution in [-0.4, -0.2) is 18.0 Å². The molecule has 0 radical (unpaired) electrons. The molecule has 23 heavy (non-hydrogen) atoms. The number of nitriles is 1. The van der Waals surface area contributed by atoms with Crippen LogP contribution in [0.1, 0.15) is 74.1 Å². The third-order valence-electron chi connectivity index (χ3n) is 2.96. The molecule has 0 amide bonds. The highest BCUT2D eigenvalue weighted by Crippen LogP contribution is 2.17. The number of nitrogens with two attached hydrogens (primary N) is 1. The van der Waals surface area contributed by atoms with E-state index >= 15 is 0 Å². The van der Waals surface area contributed by atoms with Crippen LogP contribution in [0.2, 0.25) is 0 Å². The van der Waals surface area contributed by atoms with Gasteiger partial charge in [0.05, 0.1) is 23.1 Å². The first kappa shape index (κ1) is 26.2.